The quantitative estimate of drug-likeness (QED) is 0.837. The Morgan fingerprint density at radius 2 is 1.90 bits per heavy atom. The molecule has 0 saturated heterocycles. The number of rotatable bonds is 6. The van der Waals surface area contributed by atoms with E-state index in [1.165, 1.54) is 0 Å². The Kier molecular flexibility index (Phi) is 5.39. The van der Waals surface area contributed by atoms with E-state index in [0.29, 0.717) is 6.61 Å². The minimum Gasteiger partial charge on any atom is -0.373 e. The first-order valence-electron chi connectivity index (χ1n) is 8.18. The predicted molar refractivity (Wildman–Crippen MR) is 85.1 cm³/mol. The molecule has 2 rings (SSSR count). The summed E-state index contributed by atoms with van der Waals surface area (Å²) in [6.45, 7) is 9.53. The SMILES string of the molecule is CCNC(c1c(C)cc(C)cc1F)C1(OCC)CCCC1. The number of likely N-dealkylation sites (N-methyl/N-ethyl adjacent to an activating group) is 1. The molecule has 0 heterocycles. The zero-order valence-electron chi connectivity index (χ0n) is 13.8. The molecule has 1 unspecified atom stereocenters. The standard InChI is InChI=1S/C18H28FNO/c1-5-20-17(18(21-6-2)9-7-8-10-18)16-14(4)11-13(3)12-15(16)19/h11-12,17,20H,5-10H2,1-4H3. The Balaban J connectivity index is 2.47. The molecule has 1 aromatic rings. The molecule has 1 aromatic carbocycles. The van der Waals surface area contributed by atoms with Crippen LogP contribution in [0.1, 0.15) is 62.3 Å². The second-order valence-electron chi connectivity index (χ2n) is 6.17. The van der Waals surface area contributed by atoms with Crippen molar-refractivity contribution in [2.24, 2.45) is 0 Å². The van der Waals surface area contributed by atoms with Gasteiger partial charge in [-0.15, -0.1) is 0 Å². The first-order chi connectivity index (χ1) is 10.0. The molecule has 0 aromatic heterocycles. The predicted octanol–water partition coefficient (Wildman–Crippen LogP) is 4.44. The third-order valence-electron chi connectivity index (χ3n) is 4.59. The molecular weight excluding hydrogens is 265 g/mol. The average Bonchev–Trinajstić information content (AvgIpc) is 2.86. The van der Waals surface area contributed by atoms with E-state index in [-0.39, 0.29) is 17.5 Å². The molecule has 0 bridgehead atoms. The third kappa shape index (κ3) is 3.29. The number of halogens is 1. The zero-order valence-corrected chi connectivity index (χ0v) is 13.8. The molecule has 1 fully saturated rings. The van der Waals surface area contributed by atoms with Gasteiger partial charge in [-0.2, -0.15) is 0 Å². The van der Waals surface area contributed by atoms with E-state index in [1.807, 2.05) is 20.8 Å². The van der Waals surface area contributed by atoms with Gasteiger partial charge >= 0.3 is 0 Å². The van der Waals surface area contributed by atoms with E-state index >= 15 is 0 Å². The molecule has 118 valence electrons. The first-order valence-corrected chi connectivity index (χ1v) is 8.18. The van der Waals surface area contributed by atoms with Crippen molar-refractivity contribution in [3.05, 3.63) is 34.6 Å². The molecule has 3 heteroatoms. The number of aryl methyl sites for hydroxylation is 2. The van der Waals surface area contributed by atoms with Gasteiger partial charge in [0.2, 0.25) is 0 Å². The number of ether oxygens (including phenoxy) is 1. The molecular formula is C18H28FNO. The fourth-order valence-corrected chi connectivity index (χ4v) is 3.82. The van der Waals surface area contributed by atoms with E-state index in [0.717, 1.165) is 48.9 Å². The molecule has 0 spiro atoms. The Morgan fingerprint density at radius 1 is 1.24 bits per heavy atom. The normalized spacial score (nSPS) is 18.9. The van der Waals surface area contributed by atoms with Crippen LogP contribution in [0.3, 0.4) is 0 Å². The third-order valence-corrected chi connectivity index (χ3v) is 4.59. The summed E-state index contributed by atoms with van der Waals surface area (Å²) in [7, 11) is 0. The first kappa shape index (κ1) is 16.4. The summed E-state index contributed by atoms with van der Waals surface area (Å²) in [4.78, 5) is 0. The van der Waals surface area contributed by atoms with Crippen molar-refractivity contribution >= 4 is 0 Å². The number of benzene rings is 1. The van der Waals surface area contributed by atoms with E-state index in [1.54, 1.807) is 6.07 Å². The van der Waals surface area contributed by atoms with Gasteiger partial charge in [-0.3, -0.25) is 0 Å². The van der Waals surface area contributed by atoms with Crippen LogP contribution in [0.5, 0.6) is 0 Å². The maximum atomic E-state index is 14.7. The maximum absolute atomic E-state index is 14.7. The molecule has 2 nitrogen and oxygen atoms in total. The van der Waals surface area contributed by atoms with Crippen molar-refractivity contribution in [2.45, 2.75) is 65.0 Å². The molecule has 1 N–H and O–H groups in total. The largest absolute Gasteiger partial charge is 0.373 e. The molecule has 0 radical (unpaired) electrons. The summed E-state index contributed by atoms with van der Waals surface area (Å²) in [5, 5.41) is 3.50. The summed E-state index contributed by atoms with van der Waals surface area (Å²) in [5.74, 6) is -0.107. The highest BCUT2D eigenvalue weighted by atomic mass is 19.1. The zero-order chi connectivity index (χ0) is 15.5. The number of hydrogen-bond acceptors (Lipinski definition) is 2. The smallest absolute Gasteiger partial charge is 0.128 e. The lowest BCUT2D eigenvalue weighted by atomic mass is 9.83. The van der Waals surface area contributed by atoms with Crippen molar-refractivity contribution in [1.82, 2.24) is 5.32 Å². The van der Waals surface area contributed by atoms with Gasteiger partial charge in [0.1, 0.15) is 5.82 Å². The van der Waals surface area contributed by atoms with Crippen LogP contribution in [0.25, 0.3) is 0 Å². The van der Waals surface area contributed by atoms with Crippen molar-refractivity contribution in [2.75, 3.05) is 13.2 Å². The van der Waals surface area contributed by atoms with Crippen LogP contribution in [-0.4, -0.2) is 18.8 Å². The highest BCUT2D eigenvalue weighted by Crippen LogP contribution is 2.44. The van der Waals surface area contributed by atoms with Gasteiger partial charge in [0, 0.05) is 12.2 Å². The molecule has 1 aliphatic rings. The fraction of sp³-hybridized carbons (Fsp3) is 0.667. The van der Waals surface area contributed by atoms with Crippen molar-refractivity contribution in [3.8, 4) is 0 Å². The Labute approximate surface area is 128 Å². The Bertz CT molecular complexity index is 457. The average molecular weight is 293 g/mol. The van der Waals surface area contributed by atoms with Gasteiger partial charge in [-0.05, 0) is 57.4 Å². The summed E-state index contributed by atoms with van der Waals surface area (Å²) in [6.07, 6.45) is 4.33. The Hall–Kier alpha value is -0.930. The highest BCUT2D eigenvalue weighted by Gasteiger charge is 2.44. The lowest BCUT2D eigenvalue weighted by Crippen LogP contribution is -2.45. The summed E-state index contributed by atoms with van der Waals surface area (Å²) < 4.78 is 20.8. The van der Waals surface area contributed by atoms with Crippen LogP contribution in [-0.2, 0) is 4.74 Å². The van der Waals surface area contributed by atoms with Crippen LogP contribution < -0.4 is 5.32 Å². The lowest BCUT2D eigenvalue weighted by molar-refractivity contribution is -0.0631. The van der Waals surface area contributed by atoms with Crippen molar-refractivity contribution in [1.29, 1.82) is 0 Å². The van der Waals surface area contributed by atoms with Crippen molar-refractivity contribution < 1.29 is 9.13 Å². The minimum absolute atomic E-state index is 0.0643. The molecule has 0 amide bonds. The van der Waals surface area contributed by atoms with Gasteiger partial charge in [0.05, 0.1) is 11.6 Å². The van der Waals surface area contributed by atoms with E-state index in [4.69, 9.17) is 4.74 Å². The second kappa shape index (κ2) is 6.89. The molecule has 21 heavy (non-hydrogen) atoms. The molecule has 1 aliphatic carbocycles. The van der Waals surface area contributed by atoms with E-state index in [2.05, 4.69) is 18.3 Å². The lowest BCUT2D eigenvalue weighted by Gasteiger charge is -2.39. The van der Waals surface area contributed by atoms with Crippen molar-refractivity contribution in [3.63, 3.8) is 0 Å². The molecule has 1 saturated carbocycles. The van der Waals surface area contributed by atoms with Crippen LogP contribution in [0, 0.1) is 19.7 Å². The summed E-state index contributed by atoms with van der Waals surface area (Å²) in [6, 6.07) is 3.64. The minimum atomic E-state index is -0.258. The fourth-order valence-electron chi connectivity index (χ4n) is 3.82. The summed E-state index contributed by atoms with van der Waals surface area (Å²) in [5.41, 5.74) is 2.52. The molecule has 1 atom stereocenters. The number of hydrogen-bond donors (Lipinski definition) is 1. The van der Waals surface area contributed by atoms with E-state index < -0.39 is 0 Å². The number of nitrogens with one attached hydrogen (secondary N) is 1. The van der Waals surface area contributed by atoms with Crippen LogP contribution in [0.2, 0.25) is 0 Å². The molecule has 0 aliphatic heterocycles. The second-order valence-corrected chi connectivity index (χ2v) is 6.17. The van der Waals surface area contributed by atoms with Gasteiger partial charge < -0.3 is 10.1 Å². The Morgan fingerprint density at radius 3 is 2.43 bits per heavy atom. The van der Waals surface area contributed by atoms with Gasteiger partial charge in [-0.1, -0.05) is 25.8 Å². The van der Waals surface area contributed by atoms with Gasteiger partial charge in [0.25, 0.3) is 0 Å². The van der Waals surface area contributed by atoms with Crippen LogP contribution >= 0.6 is 0 Å². The summed E-state index contributed by atoms with van der Waals surface area (Å²) >= 11 is 0. The monoisotopic (exact) mass is 293 g/mol. The van der Waals surface area contributed by atoms with Gasteiger partial charge in [-0.25, -0.2) is 4.39 Å². The topological polar surface area (TPSA) is 21.3 Å². The van der Waals surface area contributed by atoms with E-state index in [9.17, 15) is 4.39 Å². The maximum Gasteiger partial charge on any atom is 0.128 e. The highest BCUT2D eigenvalue weighted by molar-refractivity contribution is 5.36. The van der Waals surface area contributed by atoms with Crippen LogP contribution in [0.4, 0.5) is 4.39 Å². The van der Waals surface area contributed by atoms with Crippen LogP contribution in [0.15, 0.2) is 12.1 Å². The van der Waals surface area contributed by atoms with Gasteiger partial charge in [0.15, 0.2) is 0 Å².